The molecule has 1 aromatic carbocycles. The minimum atomic E-state index is -0.348. The average Bonchev–Trinajstić information content (AvgIpc) is 2.52. The zero-order chi connectivity index (χ0) is 15.2. The zero-order valence-corrected chi connectivity index (χ0v) is 12.5. The topological polar surface area (TPSA) is 39.2 Å². The first kappa shape index (κ1) is 15.3. The van der Waals surface area contributed by atoms with E-state index in [1.54, 1.807) is 31.5 Å². The van der Waals surface area contributed by atoms with Crippen molar-refractivity contribution in [1.82, 2.24) is 4.98 Å². The van der Waals surface area contributed by atoms with E-state index in [0.717, 1.165) is 5.56 Å². The van der Waals surface area contributed by atoms with Crippen molar-refractivity contribution in [3.63, 3.8) is 0 Å². The lowest BCUT2D eigenvalue weighted by Crippen LogP contribution is -1.97. The Hall–Kier alpha value is -2.14. The van der Waals surface area contributed by atoms with Crippen molar-refractivity contribution < 1.29 is 13.9 Å². The van der Waals surface area contributed by atoms with Crippen molar-refractivity contribution in [3.05, 3.63) is 59.5 Å². The van der Waals surface area contributed by atoms with E-state index >= 15 is 0 Å². The van der Waals surface area contributed by atoms with Crippen molar-refractivity contribution in [3.8, 4) is 5.88 Å². The number of ether oxygens (including phenoxy) is 1. The summed E-state index contributed by atoms with van der Waals surface area (Å²) in [6, 6.07) is 7.67. The highest BCUT2D eigenvalue weighted by atomic mass is 32.2. The quantitative estimate of drug-likeness (QED) is 0.478. The van der Waals surface area contributed by atoms with Gasteiger partial charge in [0.2, 0.25) is 5.88 Å². The van der Waals surface area contributed by atoms with Crippen molar-refractivity contribution in [2.75, 3.05) is 13.4 Å². The van der Waals surface area contributed by atoms with Gasteiger partial charge in [0.15, 0.2) is 5.78 Å². The number of hydrogen-bond donors (Lipinski definition) is 0. The summed E-state index contributed by atoms with van der Waals surface area (Å²) in [5.74, 6) is -0.00363. The van der Waals surface area contributed by atoms with Gasteiger partial charge in [-0.15, -0.1) is 11.8 Å². The summed E-state index contributed by atoms with van der Waals surface area (Å²) in [5.41, 5.74) is 1.28. The van der Waals surface area contributed by atoms with Gasteiger partial charge in [-0.05, 0) is 48.2 Å². The van der Waals surface area contributed by atoms with Gasteiger partial charge in [-0.2, -0.15) is 0 Å². The number of aromatic nitrogens is 1. The molecule has 3 nitrogen and oxygen atoms in total. The molecule has 0 spiro atoms. The Morgan fingerprint density at radius 2 is 2.14 bits per heavy atom. The molecule has 108 valence electrons. The molecular formula is C16H14FNO2S. The fourth-order valence-corrected chi connectivity index (χ4v) is 2.36. The predicted octanol–water partition coefficient (Wildman–Crippen LogP) is 3.85. The molecule has 0 unspecified atom stereocenters. The molecule has 0 saturated carbocycles. The summed E-state index contributed by atoms with van der Waals surface area (Å²) >= 11 is 1.34. The summed E-state index contributed by atoms with van der Waals surface area (Å²) < 4.78 is 18.1. The van der Waals surface area contributed by atoms with E-state index in [0.29, 0.717) is 16.3 Å². The monoisotopic (exact) mass is 303 g/mol. The van der Waals surface area contributed by atoms with Crippen LogP contribution in [0.15, 0.2) is 47.5 Å². The summed E-state index contributed by atoms with van der Waals surface area (Å²) in [5, 5.41) is 0. The largest absolute Gasteiger partial charge is 0.481 e. The molecule has 2 rings (SSSR count). The number of benzene rings is 1. The van der Waals surface area contributed by atoms with Crippen LogP contribution in [0.1, 0.15) is 15.9 Å². The third-order valence-electron chi connectivity index (χ3n) is 2.82. The number of ketones is 1. The van der Waals surface area contributed by atoms with Crippen LogP contribution in [0.5, 0.6) is 5.88 Å². The van der Waals surface area contributed by atoms with E-state index in [9.17, 15) is 9.18 Å². The van der Waals surface area contributed by atoms with E-state index in [4.69, 9.17) is 4.74 Å². The molecule has 0 N–H and O–H groups in total. The minimum Gasteiger partial charge on any atom is -0.481 e. The molecule has 0 aliphatic carbocycles. The van der Waals surface area contributed by atoms with Crippen molar-refractivity contribution in [2.24, 2.45) is 0 Å². The molecule has 0 saturated heterocycles. The third-order valence-corrected chi connectivity index (χ3v) is 3.60. The lowest BCUT2D eigenvalue weighted by atomic mass is 10.1. The van der Waals surface area contributed by atoms with Crippen LogP contribution >= 0.6 is 11.8 Å². The average molecular weight is 303 g/mol. The summed E-state index contributed by atoms with van der Waals surface area (Å²) in [6.45, 7) is 0. The highest BCUT2D eigenvalue weighted by Crippen LogP contribution is 2.22. The van der Waals surface area contributed by atoms with Gasteiger partial charge in [0.1, 0.15) is 5.82 Å². The SMILES string of the molecule is COc1ccc(C=CC(=O)c2ccc(F)cc2SC)cn1. The van der Waals surface area contributed by atoms with Crippen molar-refractivity contribution >= 4 is 23.6 Å². The van der Waals surface area contributed by atoms with E-state index < -0.39 is 0 Å². The fraction of sp³-hybridized carbons (Fsp3) is 0.125. The predicted molar refractivity (Wildman–Crippen MR) is 82.3 cm³/mol. The van der Waals surface area contributed by atoms with Gasteiger partial charge < -0.3 is 4.74 Å². The van der Waals surface area contributed by atoms with Gasteiger partial charge in [0.05, 0.1) is 7.11 Å². The third kappa shape index (κ3) is 3.92. The molecule has 1 heterocycles. The van der Waals surface area contributed by atoms with Crippen LogP contribution in [0.2, 0.25) is 0 Å². The fourth-order valence-electron chi connectivity index (χ4n) is 1.74. The molecule has 0 bridgehead atoms. The zero-order valence-electron chi connectivity index (χ0n) is 11.7. The number of methoxy groups -OCH3 is 1. The highest BCUT2D eigenvalue weighted by molar-refractivity contribution is 7.98. The van der Waals surface area contributed by atoms with Gasteiger partial charge in [-0.1, -0.05) is 0 Å². The molecule has 2 aromatic rings. The Morgan fingerprint density at radius 1 is 1.33 bits per heavy atom. The maximum absolute atomic E-state index is 13.2. The van der Waals surface area contributed by atoms with Crippen LogP contribution in [0, 0.1) is 5.82 Å². The number of carbonyl (C=O) groups excluding carboxylic acids is 1. The van der Waals surface area contributed by atoms with Crippen molar-refractivity contribution in [2.45, 2.75) is 4.90 Å². The highest BCUT2D eigenvalue weighted by Gasteiger charge is 2.09. The maximum Gasteiger partial charge on any atom is 0.212 e. The summed E-state index contributed by atoms with van der Waals surface area (Å²) in [7, 11) is 1.54. The van der Waals surface area contributed by atoms with Gasteiger partial charge in [-0.3, -0.25) is 4.79 Å². The Morgan fingerprint density at radius 3 is 2.76 bits per heavy atom. The molecular weight excluding hydrogens is 289 g/mol. The molecule has 0 aliphatic rings. The molecule has 0 amide bonds. The molecule has 0 atom stereocenters. The van der Waals surface area contributed by atoms with E-state index in [1.807, 2.05) is 6.26 Å². The number of thioether (sulfide) groups is 1. The second-order valence-electron chi connectivity index (χ2n) is 4.18. The van der Waals surface area contributed by atoms with Gasteiger partial charge in [0, 0.05) is 22.7 Å². The van der Waals surface area contributed by atoms with Gasteiger partial charge in [-0.25, -0.2) is 9.37 Å². The van der Waals surface area contributed by atoms with Crippen LogP contribution in [-0.2, 0) is 0 Å². The van der Waals surface area contributed by atoms with Crippen molar-refractivity contribution in [1.29, 1.82) is 0 Å². The molecule has 0 radical (unpaired) electrons. The Bertz CT molecular complexity index is 668. The van der Waals surface area contributed by atoms with Gasteiger partial charge >= 0.3 is 0 Å². The molecule has 0 aliphatic heterocycles. The smallest absolute Gasteiger partial charge is 0.212 e. The molecule has 5 heteroatoms. The normalized spacial score (nSPS) is 10.8. The maximum atomic E-state index is 13.2. The number of halogens is 1. The van der Waals surface area contributed by atoms with Crippen LogP contribution in [-0.4, -0.2) is 24.1 Å². The number of pyridine rings is 1. The number of nitrogens with zero attached hydrogens (tertiary/aromatic N) is 1. The first-order valence-electron chi connectivity index (χ1n) is 6.20. The number of hydrogen-bond acceptors (Lipinski definition) is 4. The van der Waals surface area contributed by atoms with E-state index in [-0.39, 0.29) is 11.6 Å². The Kier molecular flexibility index (Phi) is 5.11. The second kappa shape index (κ2) is 7.04. The molecule has 1 aromatic heterocycles. The number of rotatable bonds is 5. The Labute approximate surface area is 126 Å². The van der Waals surface area contributed by atoms with E-state index in [1.165, 1.54) is 36.0 Å². The molecule has 21 heavy (non-hydrogen) atoms. The van der Waals surface area contributed by atoms with Crippen LogP contribution in [0.4, 0.5) is 4.39 Å². The van der Waals surface area contributed by atoms with Crippen LogP contribution < -0.4 is 4.74 Å². The lowest BCUT2D eigenvalue weighted by Gasteiger charge is -2.03. The molecule has 0 fully saturated rings. The second-order valence-corrected chi connectivity index (χ2v) is 5.02. The first-order chi connectivity index (χ1) is 10.1. The van der Waals surface area contributed by atoms with E-state index in [2.05, 4.69) is 4.98 Å². The Balaban J connectivity index is 2.18. The van der Waals surface area contributed by atoms with Crippen LogP contribution in [0.25, 0.3) is 6.08 Å². The lowest BCUT2D eigenvalue weighted by molar-refractivity contribution is 0.104. The summed E-state index contributed by atoms with van der Waals surface area (Å²) in [4.78, 5) is 16.8. The first-order valence-corrected chi connectivity index (χ1v) is 7.42. The number of carbonyl (C=O) groups is 1. The van der Waals surface area contributed by atoms with Gasteiger partial charge in [0.25, 0.3) is 0 Å². The number of allylic oxidation sites excluding steroid dienone is 1. The standard InChI is InChI=1S/C16H14FNO2S/c1-20-16-8-4-11(10-18-16)3-7-14(19)13-6-5-12(17)9-15(13)21-2/h3-10H,1-2H3. The van der Waals surface area contributed by atoms with Crippen LogP contribution in [0.3, 0.4) is 0 Å². The summed E-state index contributed by atoms with van der Waals surface area (Å²) in [6.07, 6.45) is 6.55. The minimum absolute atomic E-state index is 0.171.